The molecule has 96 valence electrons. The summed E-state index contributed by atoms with van der Waals surface area (Å²) in [7, 11) is 0. The predicted molar refractivity (Wildman–Crippen MR) is 78.4 cm³/mol. The lowest BCUT2D eigenvalue weighted by molar-refractivity contribution is 0.568. The second-order valence-corrected chi connectivity index (χ2v) is 6.47. The molecule has 1 heterocycles. The van der Waals surface area contributed by atoms with Crippen molar-refractivity contribution in [3.05, 3.63) is 55.9 Å². The zero-order valence-corrected chi connectivity index (χ0v) is 12.7. The van der Waals surface area contributed by atoms with Gasteiger partial charge in [0.15, 0.2) is 0 Å². The molecule has 1 N–H and O–H groups in total. The molecule has 2 aromatic rings. The van der Waals surface area contributed by atoms with Gasteiger partial charge < -0.3 is 5.32 Å². The normalized spacial score (nSPS) is 12.7. The molecule has 0 bridgehead atoms. The van der Waals surface area contributed by atoms with Crippen molar-refractivity contribution in [2.45, 2.75) is 26.4 Å². The number of rotatable bonds is 4. The molecule has 0 aliphatic heterocycles. The maximum Gasteiger partial charge on any atom is 0.123 e. The van der Waals surface area contributed by atoms with Crippen LogP contribution in [0, 0.1) is 12.7 Å². The number of hydrogen-bond donors (Lipinski definition) is 1. The van der Waals surface area contributed by atoms with Crippen molar-refractivity contribution in [1.82, 2.24) is 5.32 Å². The first-order chi connectivity index (χ1) is 8.56. The first-order valence-corrected chi connectivity index (χ1v) is 7.41. The van der Waals surface area contributed by atoms with Gasteiger partial charge in [-0.05, 0) is 53.5 Å². The van der Waals surface area contributed by atoms with E-state index in [2.05, 4.69) is 34.2 Å². The third kappa shape index (κ3) is 3.40. The molecule has 1 aromatic carbocycles. The van der Waals surface area contributed by atoms with E-state index < -0.39 is 0 Å². The molecule has 0 saturated carbocycles. The van der Waals surface area contributed by atoms with Crippen molar-refractivity contribution in [3.8, 4) is 0 Å². The molecule has 18 heavy (non-hydrogen) atoms. The SMILES string of the molecule is Cc1sc(CNC(C)c2cccc(F)c2)cc1Br. The molecule has 0 aliphatic rings. The second-order valence-electron chi connectivity index (χ2n) is 4.27. The van der Waals surface area contributed by atoms with Crippen molar-refractivity contribution < 1.29 is 4.39 Å². The van der Waals surface area contributed by atoms with Crippen molar-refractivity contribution >= 4 is 27.3 Å². The molecule has 0 spiro atoms. The highest BCUT2D eigenvalue weighted by Crippen LogP contribution is 2.26. The fourth-order valence-corrected chi connectivity index (χ4v) is 3.31. The molecule has 1 aromatic heterocycles. The fraction of sp³-hybridized carbons (Fsp3) is 0.286. The minimum atomic E-state index is -0.184. The molecule has 2 rings (SSSR count). The van der Waals surface area contributed by atoms with E-state index in [-0.39, 0.29) is 11.9 Å². The van der Waals surface area contributed by atoms with Crippen LogP contribution in [-0.4, -0.2) is 0 Å². The molecular weight excluding hydrogens is 313 g/mol. The van der Waals surface area contributed by atoms with E-state index in [0.29, 0.717) is 0 Å². The lowest BCUT2D eigenvalue weighted by Crippen LogP contribution is -2.17. The third-order valence-corrected chi connectivity index (χ3v) is 4.98. The maximum atomic E-state index is 13.1. The molecule has 0 aliphatic carbocycles. The average molecular weight is 328 g/mol. The summed E-state index contributed by atoms with van der Waals surface area (Å²) in [5.41, 5.74) is 0.974. The van der Waals surface area contributed by atoms with Crippen LogP contribution in [0.25, 0.3) is 0 Å². The zero-order valence-electron chi connectivity index (χ0n) is 10.3. The molecule has 0 saturated heterocycles. The number of thiophene rings is 1. The highest BCUT2D eigenvalue weighted by molar-refractivity contribution is 9.10. The van der Waals surface area contributed by atoms with Crippen LogP contribution in [0.1, 0.15) is 28.3 Å². The van der Waals surface area contributed by atoms with Crippen LogP contribution >= 0.6 is 27.3 Å². The minimum Gasteiger partial charge on any atom is -0.305 e. The van der Waals surface area contributed by atoms with Crippen LogP contribution in [0.5, 0.6) is 0 Å². The predicted octanol–water partition coefficient (Wildman–Crippen LogP) is 4.81. The summed E-state index contributed by atoms with van der Waals surface area (Å²) in [6.45, 7) is 4.94. The largest absolute Gasteiger partial charge is 0.305 e. The van der Waals surface area contributed by atoms with Gasteiger partial charge in [-0.15, -0.1) is 11.3 Å². The van der Waals surface area contributed by atoms with Gasteiger partial charge in [0.25, 0.3) is 0 Å². The molecule has 4 heteroatoms. The fourth-order valence-electron chi connectivity index (χ4n) is 1.75. The van der Waals surface area contributed by atoms with Crippen molar-refractivity contribution in [2.75, 3.05) is 0 Å². The molecule has 1 nitrogen and oxygen atoms in total. The molecule has 0 fully saturated rings. The Bertz CT molecular complexity index is 519. The highest BCUT2D eigenvalue weighted by Gasteiger charge is 2.07. The van der Waals surface area contributed by atoms with Gasteiger partial charge in [0.2, 0.25) is 0 Å². The van der Waals surface area contributed by atoms with Crippen LogP contribution < -0.4 is 5.32 Å². The standard InChI is InChI=1S/C14H15BrFNS/c1-9(11-4-3-5-12(16)6-11)17-8-13-7-14(15)10(2)18-13/h3-7,9,17H,8H2,1-2H3. The first-order valence-electron chi connectivity index (χ1n) is 5.80. The Morgan fingerprint density at radius 1 is 1.39 bits per heavy atom. The summed E-state index contributed by atoms with van der Waals surface area (Å²) in [6, 6.07) is 9.00. The second kappa shape index (κ2) is 5.95. The summed E-state index contributed by atoms with van der Waals surface area (Å²) >= 11 is 5.28. The number of halogens is 2. The Labute approximate surface area is 119 Å². The molecule has 1 unspecified atom stereocenters. The minimum absolute atomic E-state index is 0.141. The van der Waals surface area contributed by atoms with Crippen LogP contribution in [-0.2, 0) is 6.54 Å². The number of benzene rings is 1. The van der Waals surface area contributed by atoms with E-state index >= 15 is 0 Å². The van der Waals surface area contributed by atoms with Gasteiger partial charge in [0, 0.05) is 26.8 Å². The molecule has 1 atom stereocenters. The summed E-state index contributed by atoms with van der Waals surface area (Å²) in [5.74, 6) is -0.184. The Morgan fingerprint density at radius 3 is 2.78 bits per heavy atom. The molecule has 0 amide bonds. The van der Waals surface area contributed by atoms with Crippen LogP contribution in [0.4, 0.5) is 4.39 Å². The van der Waals surface area contributed by atoms with Crippen LogP contribution in [0.2, 0.25) is 0 Å². The zero-order chi connectivity index (χ0) is 13.1. The lowest BCUT2D eigenvalue weighted by Gasteiger charge is -2.13. The van der Waals surface area contributed by atoms with Gasteiger partial charge in [0.1, 0.15) is 5.82 Å². The monoisotopic (exact) mass is 327 g/mol. The maximum absolute atomic E-state index is 13.1. The Balaban J connectivity index is 1.98. The summed E-state index contributed by atoms with van der Waals surface area (Å²) < 4.78 is 14.3. The number of hydrogen-bond acceptors (Lipinski definition) is 2. The van der Waals surface area contributed by atoms with Crippen molar-refractivity contribution in [3.63, 3.8) is 0 Å². The van der Waals surface area contributed by atoms with Gasteiger partial charge in [-0.1, -0.05) is 12.1 Å². The van der Waals surface area contributed by atoms with Crippen LogP contribution in [0.15, 0.2) is 34.8 Å². The van der Waals surface area contributed by atoms with Gasteiger partial charge in [-0.2, -0.15) is 0 Å². The number of aryl methyl sites for hydroxylation is 1. The van der Waals surface area contributed by atoms with E-state index in [1.807, 2.05) is 13.0 Å². The first kappa shape index (κ1) is 13.7. The van der Waals surface area contributed by atoms with E-state index in [4.69, 9.17) is 0 Å². The van der Waals surface area contributed by atoms with Gasteiger partial charge in [-0.25, -0.2) is 4.39 Å². The average Bonchev–Trinajstić information content (AvgIpc) is 2.66. The van der Waals surface area contributed by atoms with Crippen molar-refractivity contribution in [1.29, 1.82) is 0 Å². The Hall–Kier alpha value is -0.710. The van der Waals surface area contributed by atoms with E-state index in [9.17, 15) is 4.39 Å². The molecular formula is C14H15BrFNS. The third-order valence-electron chi connectivity index (χ3n) is 2.84. The number of nitrogens with one attached hydrogen (secondary N) is 1. The van der Waals surface area contributed by atoms with E-state index in [1.54, 1.807) is 23.5 Å². The smallest absolute Gasteiger partial charge is 0.123 e. The molecule has 0 radical (unpaired) electrons. The highest BCUT2D eigenvalue weighted by atomic mass is 79.9. The van der Waals surface area contributed by atoms with Gasteiger partial charge in [0.05, 0.1) is 0 Å². The Morgan fingerprint density at radius 2 is 2.17 bits per heavy atom. The quantitative estimate of drug-likeness (QED) is 0.849. The van der Waals surface area contributed by atoms with E-state index in [0.717, 1.165) is 16.6 Å². The van der Waals surface area contributed by atoms with E-state index in [1.165, 1.54) is 15.8 Å². The van der Waals surface area contributed by atoms with Gasteiger partial charge in [-0.3, -0.25) is 0 Å². The van der Waals surface area contributed by atoms with Crippen molar-refractivity contribution in [2.24, 2.45) is 0 Å². The summed E-state index contributed by atoms with van der Waals surface area (Å²) in [6.07, 6.45) is 0. The van der Waals surface area contributed by atoms with Gasteiger partial charge >= 0.3 is 0 Å². The lowest BCUT2D eigenvalue weighted by atomic mass is 10.1. The summed E-state index contributed by atoms with van der Waals surface area (Å²) in [4.78, 5) is 2.56. The summed E-state index contributed by atoms with van der Waals surface area (Å²) in [5, 5.41) is 3.41. The topological polar surface area (TPSA) is 12.0 Å². The van der Waals surface area contributed by atoms with Crippen LogP contribution in [0.3, 0.4) is 0 Å². The Kier molecular flexibility index (Phi) is 4.54.